The van der Waals surface area contributed by atoms with Gasteiger partial charge in [-0.05, 0) is 34.1 Å². The first-order chi connectivity index (χ1) is 12.1. The van der Waals surface area contributed by atoms with E-state index in [0.29, 0.717) is 19.0 Å². The highest BCUT2D eigenvalue weighted by Gasteiger charge is 2.60. The van der Waals surface area contributed by atoms with Gasteiger partial charge in [0.05, 0.1) is 18.6 Å². The minimum atomic E-state index is -0.756. The van der Waals surface area contributed by atoms with Gasteiger partial charge in [0, 0.05) is 0 Å². The third-order valence-electron chi connectivity index (χ3n) is 5.76. The molecule has 4 fully saturated rings. The fourth-order valence-electron chi connectivity index (χ4n) is 4.61. The molecule has 0 bridgehead atoms. The van der Waals surface area contributed by atoms with Gasteiger partial charge in [-0.25, -0.2) is 0 Å². The van der Waals surface area contributed by atoms with Crippen LogP contribution in [0.2, 0.25) is 0 Å². The molecule has 0 spiro atoms. The van der Waals surface area contributed by atoms with Crippen LogP contribution in [0, 0.1) is 5.92 Å². The number of fused-ring (bicyclic) bond motifs is 1. The van der Waals surface area contributed by atoms with E-state index in [0.717, 1.165) is 6.42 Å². The molecule has 6 atom stereocenters. The number of hydrogen-bond donors (Lipinski definition) is 0. The van der Waals surface area contributed by atoms with Gasteiger partial charge < -0.3 is 28.6 Å². The number of nitrogens with zero attached hydrogens (tertiary/aromatic N) is 1. The average molecular weight is 367 g/mol. The number of hydrogen-bond acceptors (Lipinski definition) is 6. The molecule has 4 rings (SSSR count). The quantitative estimate of drug-likeness (QED) is 0.709. The first kappa shape index (κ1) is 18.2. The van der Waals surface area contributed by atoms with Crippen LogP contribution >= 0.6 is 0 Å². The van der Waals surface area contributed by atoms with Crippen LogP contribution in [0.15, 0.2) is 12.3 Å². The summed E-state index contributed by atoms with van der Waals surface area (Å²) in [6, 6.07) is -0.295. The zero-order chi connectivity index (χ0) is 18.9. The Labute approximate surface area is 154 Å². The Balaban J connectivity index is 1.58. The number of morpholine rings is 1. The second kappa shape index (κ2) is 5.92. The number of amides is 1. The largest absolute Gasteiger partial charge is 0.494 e. The summed E-state index contributed by atoms with van der Waals surface area (Å²) in [7, 11) is 0. The second-order valence-corrected chi connectivity index (χ2v) is 8.48. The average Bonchev–Trinajstić information content (AvgIpc) is 3.07. The summed E-state index contributed by atoms with van der Waals surface area (Å²) in [5.74, 6) is -0.644. The second-order valence-electron chi connectivity index (χ2n) is 8.48. The van der Waals surface area contributed by atoms with E-state index in [1.165, 1.54) is 0 Å². The highest BCUT2D eigenvalue weighted by molar-refractivity contribution is 5.87. The molecule has 7 heteroatoms. The molecule has 4 saturated heterocycles. The van der Waals surface area contributed by atoms with Crippen molar-refractivity contribution in [2.24, 2.45) is 5.92 Å². The van der Waals surface area contributed by atoms with Crippen molar-refractivity contribution in [1.29, 1.82) is 0 Å². The van der Waals surface area contributed by atoms with Crippen LogP contribution < -0.4 is 0 Å². The molecule has 1 amide bonds. The summed E-state index contributed by atoms with van der Waals surface area (Å²) < 4.78 is 30.0. The van der Waals surface area contributed by atoms with E-state index in [9.17, 15) is 4.79 Å². The number of carbonyl (C=O) groups excluding carboxylic acids is 1. The van der Waals surface area contributed by atoms with Crippen molar-refractivity contribution >= 4 is 5.91 Å². The maximum absolute atomic E-state index is 12.7. The number of β-lactam (4-membered cyclic amide) rings is 1. The monoisotopic (exact) mass is 367 g/mol. The van der Waals surface area contributed by atoms with E-state index in [-0.39, 0.29) is 42.2 Å². The van der Waals surface area contributed by atoms with Crippen molar-refractivity contribution in [3.63, 3.8) is 0 Å². The molecule has 0 N–H and O–H groups in total. The molecule has 0 aromatic carbocycles. The summed E-state index contributed by atoms with van der Waals surface area (Å²) in [5, 5.41) is 0. The molecular formula is C19H29NO6. The maximum Gasteiger partial charge on any atom is 0.229 e. The molecule has 4 heterocycles. The Kier molecular flexibility index (Phi) is 4.15. The third-order valence-corrected chi connectivity index (χ3v) is 5.76. The number of rotatable bonds is 3. The minimum absolute atomic E-state index is 0.0518. The first-order valence-electron chi connectivity index (χ1n) is 9.45. The maximum atomic E-state index is 12.7. The van der Waals surface area contributed by atoms with Crippen molar-refractivity contribution in [1.82, 2.24) is 4.90 Å². The van der Waals surface area contributed by atoms with E-state index in [4.69, 9.17) is 23.7 Å². The Morgan fingerprint density at radius 3 is 2.38 bits per heavy atom. The predicted molar refractivity (Wildman–Crippen MR) is 92.0 cm³/mol. The molecule has 0 aromatic rings. The van der Waals surface area contributed by atoms with Gasteiger partial charge in [-0.2, -0.15) is 0 Å². The van der Waals surface area contributed by atoms with Crippen LogP contribution in [0.5, 0.6) is 0 Å². The molecule has 4 aliphatic rings. The van der Waals surface area contributed by atoms with E-state index < -0.39 is 11.6 Å². The van der Waals surface area contributed by atoms with Gasteiger partial charge in [0.1, 0.15) is 36.7 Å². The normalized spacial score (nSPS) is 43.8. The fourth-order valence-corrected chi connectivity index (χ4v) is 4.61. The lowest BCUT2D eigenvalue weighted by Crippen LogP contribution is -2.71. The molecule has 26 heavy (non-hydrogen) atoms. The zero-order valence-corrected chi connectivity index (χ0v) is 16.2. The molecule has 146 valence electrons. The van der Waals surface area contributed by atoms with E-state index >= 15 is 0 Å². The van der Waals surface area contributed by atoms with Crippen molar-refractivity contribution < 1.29 is 28.5 Å². The van der Waals surface area contributed by atoms with Gasteiger partial charge in [-0.15, -0.1) is 0 Å². The van der Waals surface area contributed by atoms with Crippen LogP contribution in [0.4, 0.5) is 0 Å². The highest BCUT2D eigenvalue weighted by atomic mass is 16.8. The van der Waals surface area contributed by atoms with E-state index in [1.807, 2.05) is 39.5 Å². The van der Waals surface area contributed by atoms with Crippen LogP contribution in [-0.2, 0) is 28.5 Å². The lowest BCUT2D eigenvalue weighted by molar-refractivity contribution is -0.188. The summed E-state index contributed by atoms with van der Waals surface area (Å²) in [6.45, 7) is 14.3. The lowest BCUT2D eigenvalue weighted by atomic mass is 9.80. The van der Waals surface area contributed by atoms with Gasteiger partial charge in [0.15, 0.2) is 11.6 Å². The van der Waals surface area contributed by atoms with Crippen LogP contribution in [-0.4, -0.2) is 66.0 Å². The van der Waals surface area contributed by atoms with Crippen molar-refractivity contribution in [2.75, 3.05) is 13.2 Å². The molecule has 7 nitrogen and oxygen atoms in total. The molecule has 4 aliphatic heterocycles. The van der Waals surface area contributed by atoms with Gasteiger partial charge >= 0.3 is 0 Å². The Bertz CT molecular complexity index is 617. The molecule has 0 saturated carbocycles. The summed E-state index contributed by atoms with van der Waals surface area (Å²) in [6.07, 6.45) is -0.149. The van der Waals surface area contributed by atoms with Crippen molar-refractivity contribution in [3.05, 3.63) is 12.3 Å². The number of carbonyl (C=O) groups is 1. The van der Waals surface area contributed by atoms with Crippen LogP contribution in [0.25, 0.3) is 0 Å². The third kappa shape index (κ3) is 2.76. The molecule has 0 aliphatic carbocycles. The summed E-state index contributed by atoms with van der Waals surface area (Å²) in [5.41, 5.74) is 0. The Hall–Kier alpha value is -1.15. The summed E-state index contributed by atoms with van der Waals surface area (Å²) in [4.78, 5) is 14.6. The minimum Gasteiger partial charge on any atom is -0.494 e. The SMILES string of the molecule is C=C1OC[C@@H]([C@H]2OC(C)(C)O[C@@H]2[C@H]2COC(C)(C)O2)N2C(=O)[C@@H](CC)[C@H]12. The lowest BCUT2D eigenvalue weighted by Gasteiger charge is -2.55. The summed E-state index contributed by atoms with van der Waals surface area (Å²) >= 11 is 0. The van der Waals surface area contributed by atoms with Gasteiger partial charge in [0.2, 0.25) is 5.91 Å². The predicted octanol–water partition coefficient (Wildman–Crippen LogP) is 1.81. The molecular weight excluding hydrogens is 338 g/mol. The molecule has 0 unspecified atom stereocenters. The van der Waals surface area contributed by atoms with Gasteiger partial charge in [-0.3, -0.25) is 4.79 Å². The Morgan fingerprint density at radius 2 is 1.77 bits per heavy atom. The van der Waals surface area contributed by atoms with E-state index in [1.54, 1.807) is 0 Å². The van der Waals surface area contributed by atoms with Crippen molar-refractivity contribution in [3.8, 4) is 0 Å². The van der Waals surface area contributed by atoms with E-state index in [2.05, 4.69) is 6.58 Å². The standard InChI is InChI=1S/C19H29NO6/c1-7-11-14-10(2)22-8-12(20(14)17(11)21)15-16(26-19(5,6)25-15)13-9-23-18(3,4)24-13/h11-16H,2,7-9H2,1,3-6H3/t11-,12-,13+,14-,15+,16+/m0/s1. The van der Waals surface area contributed by atoms with Gasteiger partial charge in [-0.1, -0.05) is 13.5 Å². The Morgan fingerprint density at radius 1 is 1.08 bits per heavy atom. The van der Waals surface area contributed by atoms with Crippen molar-refractivity contribution in [2.45, 2.75) is 83.0 Å². The molecule has 0 radical (unpaired) electrons. The van der Waals surface area contributed by atoms with Crippen LogP contribution in [0.1, 0.15) is 41.0 Å². The first-order valence-corrected chi connectivity index (χ1v) is 9.45. The number of ether oxygens (including phenoxy) is 5. The fraction of sp³-hybridized carbons (Fsp3) is 0.842. The molecule has 0 aromatic heterocycles. The zero-order valence-electron chi connectivity index (χ0n) is 16.2. The van der Waals surface area contributed by atoms with Crippen LogP contribution in [0.3, 0.4) is 0 Å². The topological polar surface area (TPSA) is 66.5 Å². The highest BCUT2D eigenvalue weighted by Crippen LogP contribution is 2.44. The van der Waals surface area contributed by atoms with Gasteiger partial charge in [0.25, 0.3) is 0 Å². The smallest absolute Gasteiger partial charge is 0.229 e.